The van der Waals surface area contributed by atoms with Crippen molar-refractivity contribution in [2.24, 2.45) is 5.73 Å². The van der Waals surface area contributed by atoms with E-state index in [1.54, 1.807) is 0 Å². The Morgan fingerprint density at radius 3 is 2.53 bits per heavy atom. The van der Waals surface area contributed by atoms with Gasteiger partial charge in [-0.05, 0) is 31.9 Å². The largest absolute Gasteiger partial charge is 0.324 e. The molecule has 1 unspecified atom stereocenters. The van der Waals surface area contributed by atoms with E-state index in [1.807, 2.05) is 19.1 Å². The molecule has 0 saturated heterocycles. The van der Waals surface area contributed by atoms with Crippen LogP contribution in [0.25, 0.3) is 6.08 Å². The van der Waals surface area contributed by atoms with Crippen LogP contribution in [0, 0.1) is 0 Å². The third kappa shape index (κ3) is 3.72. The van der Waals surface area contributed by atoms with Crippen molar-refractivity contribution in [1.82, 2.24) is 0 Å². The summed E-state index contributed by atoms with van der Waals surface area (Å²) in [7, 11) is 0. The number of hydrogen-bond acceptors (Lipinski definition) is 1. The Kier molecular flexibility index (Phi) is 4.32. The lowest BCUT2D eigenvalue weighted by molar-refractivity contribution is 0.816. The molecule has 0 aliphatic carbocycles. The van der Waals surface area contributed by atoms with Gasteiger partial charge in [-0.2, -0.15) is 0 Å². The average Bonchev–Trinajstić information content (AvgIpc) is 2.17. The van der Waals surface area contributed by atoms with Gasteiger partial charge < -0.3 is 5.73 Å². The van der Waals surface area contributed by atoms with Crippen molar-refractivity contribution in [3.63, 3.8) is 0 Å². The van der Waals surface area contributed by atoms with Crippen molar-refractivity contribution >= 4 is 6.08 Å². The van der Waals surface area contributed by atoms with E-state index in [0.29, 0.717) is 0 Å². The maximum Gasteiger partial charge on any atom is 0.0272 e. The van der Waals surface area contributed by atoms with E-state index in [4.69, 9.17) is 5.73 Å². The van der Waals surface area contributed by atoms with E-state index < -0.39 is 0 Å². The summed E-state index contributed by atoms with van der Waals surface area (Å²) < 4.78 is 0. The van der Waals surface area contributed by atoms with Crippen molar-refractivity contribution in [2.75, 3.05) is 0 Å². The number of nitrogens with two attached hydrogens (primary N) is 1. The number of hydrogen-bond donors (Lipinski definition) is 1. The molecule has 0 fully saturated rings. The third-order valence-electron chi connectivity index (χ3n) is 2.19. The van der Waals surface area contributed by atoms with Gasteiger partial charge in [0.1, 0.15) is 0 Å². The molecule has 1 heteroatoms. The molecule has 15 heavy (non-hydrogen) atoms. The molecule has 1 aromatic carbocycles. The average molecular weight is 201 g/mol. The zero-order chi connectivity index (χ0) is 11.3. The quantitative estimate of drug-likeness (QED) is 0.742. The molecule has 1 rings (SSSR count). The Bertz CT molecular complexity index is 369. The van der Waals surface area contributed by atoms with Crippen molar-refractivity contribution in [3.05, 3.63) is 53.1 Å². The molecular weight excluding hydrogens is 182 g/mol. The lowest BCUT2D eigenvalue weighted by Gasteiger charge is -2.08. The van der Waals surface area contributed by atoms with Gasteiger partial charge in [0.15, 0.2) is 0 Å². The van der Waals surface area contributed by atoms with Gasteiger partial charge in [0.25, 0.3) is 0 Å². The second-order valence-electron chi connectivity index (χ2n) is 4.02. The first kappa shape index (κ1) is 11.7. The molecule has 0 saturated carbocycles. The molecule has 1 aromatic rings. The molecule has 1 nitrogen and oxygen atoms in total. The minimum absolute atomic E-state index is 0.0811. The Hall–Kier alpha value is -1.34. The summed E-state index contributed by atoms with van der Waals surface area (Å²) in [5.41, 5.74) is 9.58. The standard InChI is InChI=1S/C14H19N/c1-11(2)7-6-9-13-8-4-5-10-14(13)12(3)15/h4-10,12H,15H2,1-3H3/b9-6-. The van der Waals surface area contributed by atoms with Crippen LogP contribution in [0.2, 0.25) is 0 Å². The molecule has 0 aliphatic rings. The summed E-state index contributed by atoms with van der Waals surface area (Å²) in [6, 6.07) is 8.31. The highest BCUT2D eigenvalue weighted by atomic mass is 14.6. The highest BCUT2D eigenvalue weighted by Crippen LogP contribution is 2.16. The fraction of sp³-hybridized carbons (Fsp3) is 0.286. The molecule has 0 bridgehead atoms. The summed E-state index contributed by atoms with van der Waals surface area (Å²) >= 11 is 0. The fourth-order valence-electron chi connectivity index (χ4n) is 1.42. The van der Waals surface area contributed by atoms with E-state index >= 15 is 0 Å². The first-order valence-electron chi connectivity index (χ1n) is 5.27. The van der Waals surface area contributed by atoms with Crippen molar-refractivity contribution in [3.8, 4) is 0 Å². The maximum absolute atomic E-state index is 5.90. The number of rotatable bonds is 3. The first-order chi connectivity index (χ1) is 7.11. The minimum atomic E-state index is 0.0811. The van der Waals surface area contributed by atoms with Gasteiger partial charge in [-0.1, -0.05) is 48.1 Å². The third-order valence-corrected chi connectivity index (χ3v) is 2.19. The zero-order valence-corrected chi connectivity index (χ0v) is 9.70. The summed E-state index contributed by atoms with van der Waals surface area (Å²) in [5, 5.41) is 0. The van der Waals surface area contributed by atoms with Gasteiger partial charge in [0.2, 0.25) is 0 Å². The van der Waals surface area contributed by atoms with Crippen LogP contribution in [0.3, 0.4) is 0 Å². The molecule has 80 valence electrons. The molecule has 0 amide bonds. The van der Waals surface area contributed by atoms with Crippen molar-refractivity contribution < 1.29 is 0 Å². The van der Waals surface area contributed by atoms with E-state index in [0.717, 1.165) is 0 Å². The molecule has 0 spiro atoms. The maximum atomic E-state index is 5.90. The predicted molar refractivity (Wildman–Crippen MR) is 67.5 cm³/mol. The Morgan fingerprint density at radius 2 is 1.93 bits per heavy atom. The molecule has 0 aromatic heterocycles. The second kappa shape index (κ2) is 5.52. The summed E-state index contributed by atoms with van der Waals surface area (Å²) in [6.45, 7) is 6.18. The SMILES string of the molecule is CC(C)=C/C=C\c1ccccc1C(C)N. The van der Waals surface area contributed by atoms with Crippen LogP contribution in [0.15, 0.2) is 42.0 Å². The smallest absolute Gasteiger partial charge is 0.0272 e. The Morgan fingerprint density at radius 1 is 1.27 bits per heavy atom. The topological polar surface area (TPSA) is 26.0 Å². The minimum Gasteiger partial charge on any atom is -0.324 e. The fourth-order valence-corrected chi connectivity index (χ4v) is 1.42. The summed E-state index contributed by atoms with van der Waals surface area (Å²) in [6.07, 6.45) is 6.26. The van der Waals surface area contributed by atoms with Crippen LogP contribution >= 0.6 is 0 Å². The molecule has 1 atom stereocenters. The van der Waals surface area contributed by atoms with E-state index in [-0.39, 0.29) is 6.04 Å². The van der Waals surface area contributed by atoms with Crippen molar-refractivity contribution in [2.45, 2.75) is 26.8 Å². The normalized spacial score (nSPS) is 12.8. The molecule has 2 N–H and O–H groups in total. The van der Waals surface area contributed by atoms with Gasteiger partial charge >= 0.3 is 0 Å². The molecule has 0 heterocycles. The number of allylic oxidation sites excluding steroid dienone is 3. The zero-order valence-electron chi connectivity index (χ0n) is 9.70. The van der Waals surface area contributed by atoms with Crippen LogP contribution in [-0.4, -0.2) is 0 Å². The van der Waals surface area contributed by atoms with Crippen LogP contribution in [0.1, 0.15) is 37.9 Å². The van der Waals surface area contributed by atoms with Gasteiger partial charge in [-0.3, -0.25) is 0 Å². The summed E-state index contributed by atoms with van der Waals surface area (Å²) in [5.74, 6) is 0. The molecular formula is C14H19N. The van der Waals surface area contributed by atoms with E-state index in [9.17, 15) is 0 Å². The van der Waals surface area contributed by atoms with E-state index in [2.05, 4.69) is 44.2 Å². The number of benzene rings is 1. The first-order valence-corrected chi connectivity index (χ1v) is 5.27. The van der Waals surface area contributed by atoms with Crippen LogP contribution < -0.4 is 5.73 Å². The lowest BCUT2D eigenvalue weighted by Crippen LogP contribution is -2.06. The van der Waals surface area contributed by atoms with Gasteiger partial charge in [-0.25, -0.2) is 0 Å². The van der Waals surface area contributed by atoms with E-state index in [1.165, 1.54) is 16.7 Å². The predicted octanol–water partition coefficient (Wildman–Crippen LogP) is 3.69. The monoisotopic (exact) mass is 201 g/mol. The van der Waals surface area contributed by atoms with Crippen LogP contribution in [-0.2, 0) is 0 Å². The lowest BCUT2D eigenvalue weighted by atomic mass is 10.0. The van der Waals surface area contributed by atoms with Gasteiger partial charge in [-0.15, -0.1) is 0 Å². The Labute approximate surface area is 92.3 Å². The van der Waals surface area contributed by atoms with Crippen LogP contribution in [0.5, 0.6) is 0 Å². The van der Waals surface area contributed by atoms with Gasteiger partial charge in [0.05, 0.1) is 0 Å². The summed E-state index contributed by atoms with van der Waals surface area (Å²) in [4.78, 5) is 0. The molecule has 0 aliphatic heterocycles. The highest BCUT2D eigenvalue weighted by Gasteiger charge is 2.01. The van der Waals surface area contributed by atoms with Crippen molar-refractivity contribution in [1.29, 1.82) is 0 Å². The van der Waals surface area contributed by atoms with Crippen LogP contribution in [0.4, 0.5) is 0 Å². The second-order valence-corrected chi connectivity index (χ2v) is 4.02. The Balaban J connectivity index is 2.94. The van der Waals surface area contributed by atoms with Gasteiger partial charge in [0, 0.05) is 6.04 Å². The molecule has 0 radical (unpaired) electrons. The highest BCUT2D eigenvalue weighted by molar-refractivity contribution is 5.56.